The van der Waals surface area contributed by atoms with E-state index in [0.717, 1.165) is 19.5 Å². The summed E-state index contributed by atoms with van der Waals surface area (Å²) in [4.78, 5) is 6.97. The number of nitrogens with one attached hydrogen (secondary N) is 2. The van der Waals surface area contributed by atoms with Crippen molar-refractivity contribution < 1.29 is 8.42 Å². The van der Waals surface area contributed by atoms with Crippen LogP contribution in [0.5, 0.6) is 0 Å². The molecule has 164 valence electrons. The van der Waals surface area contributed by atoms with Crippen molar-refractivity contribution in [1.82, 2.24) is 14.9 Å². The Kier molecular flexibility index (Phi) is 8.92. The molecule has 0 aromatic heterocycles. The van der Waals surface area contributed by atoms with Gasteiger partial charge in [-0.15, -0.1) is 24.0 Å². The molecule has 2 aromatic carbocycles. The maximum atomic E-state index is 12.6. The molecule has 0 saturated carbocycles. The predicted molar refractivity (Wildman–Crippen MR) is 133 cm³/mol. The lowest BCUT2D eigenvalue weighted by atomic mass is 10.2. The van der Waals surface area contributed by atoms with Crippen LogP contribution in [0.3, 0.4) is 0 Å². The highest BCUT2D eigenvalue weighted by molar-refractivity contribution is 14.0. The highest BCUT2D eigenvalue weighted by Crippen LogP contribution is 2.20. The van der Waals surface area contributed by atoms with E-state index in [0.29, 0.717) is 23.0 Å². The van der Waals surface area contributed by atoms with Crippen molar-refractivity contribution in [1.29, 1.82) is 0 Å². The monoisotopic (exact) mass is 543 g/mol. The minimum absolute atomic E-state index is 0. The van der Waals surface area contributed by atoms with E-state index in [-0.39, 0.29) is 30.0 Å². The fraction of sp³-hybridized carbons (Fsp3) is 0.381. The van der Waals surface area contributed by atoms with E-state index in [2.05, 4.69) is 44.8 Å². The zero-order valence-corrected chi connectivity index (χ0v) is 20.7. The summed E-state index contributed by atoms with van der Waals surface area (Å²) in [5.41, 5.74) is 1.93. The zero-order chi connectivity index (χ0) is 20.9. The van der Waals surface area contributed by atoms with Crippen LogP contribution in [-0.2, 0) is 16.6 Å². The zero-order valence-electron chi connectivity index (χ0n) is 17.6. The number of sulfonamides is 1. The Morgan fingerprint density at radius 3 is 2.47 bits per heavy atom. The molecule has 3 rings (SSSR count). The number of para-hydroxylation sites is 1. The van der Waals surface area contributed by atoms with Crippen LogP contribution in [0.15, 0.2) is 64.5 Å². The number of aliphatic imine (C=N–C) groups is 1. The highest BCUT2D eigenvalue weighted by atomic mass is 127. The Bertz CT molecular complexity index is 951. The summed E-state index contributed by atoms with van der Waals surface area (Å²) in [6.07, 6.45) is 1.02. The number of rotatable bonds is 6. The Hall–Kier alpha value is -1.85. The van der Waals surface area contributed by atoms with Gasteiger partial charge in [0.1, 0.15) is 0 Å². The lowest BCUT2D eigenvalue weighted by Crippen LogP contribution is -2.44. The van der Waals surface area contributed by atoms with Crippen LogP contribution in [0.1, 0.15) is 12.0 Å². The number of hydrogen-bond acceptors (Lipinski definition) is 4. The van der Waals surface area contributed by atoms with Gasteiger partial charge in [0, 0.05) is 52.5 Å². The number of benzene rings is 2. The summed E-state index contributed by atoms with van der Waals surface area (Å²) >= 11 is 0. The van der Waals surface area contributed by atoms with Crippen molar-refractivity contribution in [3.63, 3.8) is 0 Å². The molecule has 2 N–H and O–H groups in total. The fourth-order valence-electron chi connectivity index (χ4n) is 3.42. The van der Waals surface area contributed by atoms with Gasteiger partial charge in [-0.05, 0) is 30.2 Å². The standard InChI is InChI=1S/C21H29N5O2S.HI/c1-22-21(24-18-13-14-26(16-18)19-10-5-4-6-11-19)23-15-17-9-7-8-12-20(17)29(27,28)25(2)3;/h4-12,18H,13-16H2,1-3H3,(H2,22,23,24);1H. The second-order valence-corrected chi connectivity index (χ2v) is 9.35. The first kappa shape index (κ1) is 24.4. The first-order valence-corrected chi connectivity index (χ1v) is 11.1. The third kappa shape index (κ3) is 5.86. The Morgan fingerprint density at radius 2 is 1.80 bits per heavy atom. The molecule has 0 amide bonds. The third-order valence-corrected chi connectivity index (χ3v) is 6.97. The van der Waals surface area contributed by atoms with E-state index < -0.39 is 10.0 Å². The lowest BCUT2D eigenvalue weighted by Gasteiger charge is -2.21. The molecule has 1 fully saturated rings. The molecule has 0 radical (unpaired) electrons. The smallest absolute Gasteiger partial charge is 0.242 e. The van der Waals surface area contributed by atoms with Crippen molar-refractivity contribution >= 4 is 45.6 Å². The van der Waals surface area contributed by atoms with Gasteiger partial charge >= 0.3 is 0 Å². The van der Waals surface area contributed by atoms with Crippen molar-refractivity contribution in [2.24, 2.45) is 4.99 Å². The molecule has 1 saturated heterocycles. The van der Waals surface area contributed by atoms with E-state index in [4.69, 9.17) is 0 Å². The van der Waals surface area contributed by atoms with Crippen LogP contribution in [0.4, 0.5) is 5.69 Å². The molecule has 1 unspecified atom stereocenters. The summed E-state index contributed by atoms with van der Waals surface area (Å²) in [5, 5.41) is 6.71. The molecule has 9 heteroatoms. The van der Waals surface area contributed by atoms with E-state index >= 15 is 0 Å². The number of nitrogens with zero attached hydrogens (tertiary/aromatic N) is 3. The van der Waals surface area contributed by atoms with E-state index in [1.807, 2.05) is 18.2 Å². The first-order valence-electron chi connectivity index (χ1n) is 9.69. The second-order valence-electron chi connectivity index (χ2n) is 7.23. The van der Waals surface area contributed by atoms with Crippen LogP contribution in [-0.4, -0.2) is 59.0 Å². The fourth-order valence-corrected chi connectivity index (χ4v) is 4.53. The average molecular weight is 543 g/mol. The molecule has 0 aliphatic carbocycles. The van der Waals surface area contributed by atoms with E-state index in [9.17, 15) is 8.42 Å². The van der Waals surface area contributed by atoms with Crippen LogP contribution in [0.25, 0.3) is 0 Å². The summed E-state index contributed by atoms with van der Waals surface area (Å²) in [7, 11) is 1.31. The molecule has 0 bridgehead atoms. The van der Waals surface area contributed by atoms with Gasteiger partial charge in [-0.2, -0.15) is 0 Å². The Balaban J connectivity index is 0.00000320. The molecule has 1 heterocycles. The van der Waals surface area contributed by atoms with Gasteiger partial charge in [0.05, 0.1) is 4.90 Å². The van der Waals surface area contributed by atoms with Gasteiger partial charge in [0.15, 0.2) is 5.96 Å². The van der Waals surface area contributed by atoms with E-state index in [1.54, 1.807) is 33.3 Å². The maximum absolute atomic E-state index is 12.6. The summed E-state index contributed by atoms with van der Waals surface area (Å²) in [6, 6.07) is 17.7. The number of anilines is 1. The number of guanidine groups is 1. The van der Waals surface area contributed by atoms with Crippen LogP contribution < -0.4 is 15.5 Å². The van der Waals surface area contributed by atoms with Crippen molar-refractivity contribution in [3.8, 4) is 0 Å². The van der Waals surface area contributed by atoms with Crippen molar-refractivity contribution in [3.05, 3.63) is 60.2 Å². The minimum Gasteiger partial charge on any atom is -0.369 e. The van der Waals surface area contributed by atoms with Gasteiger partial charge < -0.3 is 15.5 Å². The molecular weight excluding hydrogens is 513 g/mol. The topological polar surface area (TPSA) is 77.0 Å². The molecule has 1 aliphatic heterocycles. The largest absolute Gasteiger partial charge is 0.369 e. The predicted octanol–water partition coefficient (Wildman–Crippen LogP) is 2.50. The molecule has 1 aliphatic rings. The molecule has 2 aromatic rings. The lowest BCUT2D eigenvalue weighted by molar-refractivity contribution is 0.519. The molecule has 7 nitrogen and oxygen atoms in total. The summed E-state index contributed by atoms with van der Waals surface area (Å²) in [6.45, 7) is 2.26. The van der Waals surface area contributed by atoms with Gasteiger partial charge in [-0.3, -0.25) is 4.99 Å². The van der Waals surface area contributed by atoms with Crippen LogP contribution in [0.2, 0.25) is 0 Å². The third-order valence-electron chi connectivity index (χ3n) is 5.05. The highest BCUT2D eigenvalue weighted by Gasteiger charge is 2.24. The van der Waals surface area contributed by atoms with Gasteiger partial charge in [0.2, 0.25) is 10.0 Å². The molecule has 0 spiro atoms. The Morgan fingerprint density at radius 1 is 1.13 bits per heavy atom. The van der Waals surface area contributed by atoms with E-state index in [1.165, 1.54) is 9.99 Å². The summed E-state index contributed by atoms with van der Waals surface area (Å²) in [5.74, 6) is 0.668. The van der Waals surface area contributed by atoms with Crippen molar-refractivity contribution in [2.45, 2.75) is 23.9 Å². The van der Waals surface area contributed by atoms with Crippen LogP contribution in [0, 0.1) is 0 Å². The van der Waals surface area contributed by atoms with Gasteiger partial charge in [0.25, 0.3) is 0 Å². The molecular formula is C21H30IN5O2S. The maximum Gasteiger partial charge on any atom is 0.242 e. The van der Waals surface area contributed by atoms with Crippen molar-refractivity contribution in [2.75, 3.05) is 39.1 Å². The molecule has 1 atom stereocenters. The minimum atomic E-state index is -3.50. The SMILES string of the molecule is CN=C(NCc1ccccc1S(=O)(=O)N(C)C)NC1CCN(c2ccccc2)C1.I. The number of halogens is 1. The first-order chi connectivity index (χ1) is 13.9. The normalized spacial score (nSPS) is 17.0. The van der Waals surface area contributed by atoms with Crippen LogP contribution >= 0.6 is 24.0 Å². The average Bonchev–Trinajstić information content (AvgIpc) is 3.20. The quantitative estimate of drug-likeness (QED) is 0.333. The number of hydrogen-bond donors (Lipinski definition) is 2. The second kappa shape index (κ2) is 11.0. The Labute approximate surface area is 196 Å². The summed E-state index contributed by atoms with van der Waals surface area (Å²) < 4.78 is 26.4. The van der Waals surface area contributed by atoms with Gasteiger partial charge in [-0.25, -0.2) is 12.7 Å². The molecule has 30 heavy (non-hydrogen) atoms. The van der Waals surface area contributed by atoms with Gasteiger partial charge in [-0.1, -0.05) is 36.4 Å².